The van der Waals surface area contributed by atoms with Crippen LogP contribution in [0, 0.1) is 11.3 Å². The Morgan fingerprint density at radius 1 is 1.47 bits per heavy atom. The van der Waals surface area contributed by atoms with Gasteiger partial charge in [0, 0.05) is 5.92 Å². The molecule has 4 heteroatoms. The van der Waals surface area contributed by atoms with Crippen LogP contribution in [0.15, 0.2) is 0 Å². The van der Waals surface area contributed by atoms with Crippen LogP contribution >= 0.6 is 0 Å². The molecule has 0 aliphatic rings. The maximum atomic E-state index is 11.5. The van der Waals surface area contributed by atoms with E-state index >= 15 is 0 Å². The van der Waals surface area contributed by atoms with E-state index in [0.29, 0.717) is 13.0 Å². The highest BCUT2D eigenvalue weighted by Gasteiger charge is 2.24. The van der Waals surface area contributed by atoms with Crippen LogP contribution in [0.3, 0.4) is 0 Å². The fourth-order valence-electron chi connectivity index (χ4n) is 1.25. The van der Waals surface area contributed by atoms with Crippen LogP contribution in [0.2, 0.25) is 0 Å². The minimum atomic E-state index is -0.537. The molecular weight excluding hydrogens is 192 g/mol. The average molecular weight is 214 g/mol. The Morgan fingerprint density at radius 3 is 2.33 bits per heavy atom. The molecule has 0 saturated heterocycles. The van der Waals surface area contributed by atoms with Gasteiger partial charge in [0.2, 0.25) is 0 Å². The third-order valence-electron chi connectivity index (χ3n) is 2.03. The Bertz CT molecular complexity index is 231. The third-order valence-corrected chi connectivity index (χ3v) is 2.03. The number of esters is 1. The molecule has 15 heavy (non-hydrogen) atoms. The van der Waals surface area contributed by atoms with E-state index in [-0.39, 0.29) is 11.6 Å². The Kier molecular flexibility index (Phi) is 5.50. The number of rotatable bonds is 5. The van der Waals surface area contributed by atoms with Crippen LogP contribution in [-0.2, 0) is 9.53 Å². The highest BCUT2D eigenvalue weighted by Crippen LogP contribution is 2.13. The molecule has 0 rings (SSSR count). The molecule has 3 N–H and O–H groups in total. The van der Waals surface area contributed by atoms with E-state index < -0.39 is 11.6 Å². The van der Waals surface area contributed by atoms with Crippen LogP contribution in [0.4, 0.5) is 0 Å². The van der Waals surface area contributed by atoms with Crippen molar-refractivity contribution in [3.63, 3.8) is 0 Å². The van der Waals surface area contributed by atoms with Gasteiger partial charge in [0.1, 0.15) is 11.3 Å². The number of ether oxygens (including phenoxy) is 1. The Hall–Kier alpha value is -0.900. The predicted octanol–water partition coefficient (Wildman–Crippen LogP) is 1.72. The summed E-state index contributed by atoms with van der Waals surface area (Å²) in [5, 5.41) is 7.71. The van der Waals surface area contributed by atoms with Gasteiger partial charge in [-0.1, -0.05) is 6.92 Å². The van der Waals surface area contributed by atoms with Crippen molar-refractivity contribution in [2.45, 2.75) is 46.1 Å². The molecule has 0 aromatic rings. The zero-order chi connectivity index (χ0) is 12.1. The van der Waals surface area contributed by atoms with Gasteiger partial charge in [-0.3, -0.25) is 5.41 Å². The van der Waals surface area contributed by atoms with E-state index in [0.717, 1.165) is 6.42 Å². The molecule has 0 aromatic heterocycles. The topological polar surface area (TPSA) is 76.2 Å². The Labute approximate surface area is 91.7 Å². The molecule has 0 aliphatic heterocycles. The van der Waals surface area contributed by atoms with Gasteiger partial charge in [-0.2, -0.15) is 0 Å². The van der Waals surface area contributed by atoms with Crippen molar-refractivity contribution in [2.24, 2.45) is 11.7 Å². The first-order valence-electron chi connectivity index (χ1n) is 5.33. The van der Waals surface area contributed by atoms with E-state index in [4.69, 9.17) is 15.9 Å². The summed E-state index contributed by atoms with van der Waals surface area (Å²) in [4.78, 5) is 11.5. The molecule has 1 unspecified atom stereocenters. The van der Waals surface area contributed by atoms with Crippen LogP contribution in [-0.4, -0.2) is 23.8 Å². The maximum absolute atomic E-state index is 11.5. The first-order valence-corrected chi connectivity index (χ1v) is 5.33. The molecule has 0 aliphatic carbocycles. The molecule has 0 saturated carbocycles. The summed E-state index contributed by atoms with van der Waals surface area (Å²) in [6, 6.07) is 0. The van der Waals surface area contributed by atoms with Gasteiger partial charge in [0.15, 0.2) is 0 Å². The van der Waals surface area contributed by atoms with Gasteiger partial charge in [0.05, 0.1) is 0 Å². The van der Waals surface area contributed by atoms with Gasteiger partial charge in [0.25, 0.3) is 0 Å². The Balaban J connectivity index is 4.36. The van der Waals surface area contributed by atoms with Crippen molar-refractivity contribution in [1.82, 2.24) is 0 Å². The standard InChI is InChI=1S/C11H22N2O2/c1-5-8(6-7-12)9(13)10(14)15-11(2,3)4/h8,13H,5-7,12H2,1-4H3. The van der Waals surface area contributed by atoms with Crippen molar-refractivity contribution in [1.29, 1.82) is 5.41 Å². The average Bonchev–Trinajstić information content (AvgIpc) is 2.10. The lowest BCUT2D eigenvalue weighted by molar-refractivity contribution is -0.146. The van der Waals surface area contributed by atoms with E-state index in [2.05, 4.69) is 0 Å². The lowest BCUT2D eigenvalue weighted by atomic mass is 9.96. The van der Waals surface area contributed by atoms with Gasteiger partial charge in [-0.05, 0) is 40.2 Å². The first-order chi connectivity index (χ1) is 6.81. The molecule has 0 bridgehead atoms. The predicted molar refractivity (Wildman–Crippen MR) is 61.0 cm³/mol. The van der Waals surface area contributed by atoms with Crippen molar-refractivity contribution < 1.29 is 9.53 Å². The lowest BCUT2D eigenvalue weighted by Crippen LogP contribution is -2.32. The molecule has 0 radical (unpaired) electrons. The summed E-state index contributed by atoms with van der Waals surface area (Å²) in [5.74, 6) is -0.604. The number of nitrogens with one attached hydrogen (secondary N) is 1. The zero-order valence-corrected chi connectivity index (χ0v) is 10.1. The smallest absolute Gasteiger partial charge is 0.352 e. The summed E-state index contributed by atoms with van der Waals surface area (Å²) in [7, 11) is 0. The second kappa shape index (κ2) is 5.85. The number of nitrogens with two attached hydrogens (primary N) is 1. The molecule has 0 heterocycles. The molecule has 1 atom stereocenters. The van der Waals surface area contributed by atoms with Crippen LogP contribution in [0.5, 0.6) is 0 Å². The monoisotopic (exact) mass is 214 g/mol. The highest BCUT2D eigenvalue weighted by atomic mass is 16.6. The van der Waals surface area contributed by atoms with Crippen LogP contribution in [0.25, 0.3) is 0 Å². The van der Waals surface area contributed by atoms with Gasteiger partial charge < -0.3 is 10.5 Å². The normalized spacial score (nSPS) is 13.4. The number of carbonyl (C=O) groups is 1. The van der Waals surface area contributed by atoms with Crippen LogP contribution in [0.1, 0.15) is 40.5 Å². The van der Waals surface area contributed by atoms with Crippen LogP contribution < -0.4 is 5.73 Å². The number of carbonyl (C=O) groups excluding carboxylic acids is 1. The van der Waals surface area contributed by atoms with Crippen molar-refractivity contribution in [3.05, 3.63) is 0 Å². The fraction of sp³-hybridized carbons (Fsp3) is 0.818. The molecule has 0 fully saturated rings. The minimum Gasteiger partial charge on any atom is -0.455 e. The van der Waals surface area contributed by atoms with Crippen molar-refractivity contribution >= 4 is 11.7 Å². The lowest BCUT2D eigenvalue weighted by Gasteiger charge is -2.22. The molecule has 0 spiro atoms. The number of hydrogen-bond donors (Lipinski definition) is 2. The van der Waals surface area contributed by atoms with Crippen molar-refractivity contribution in [2.75, 3.05) is 6.54 Å². The van der Waals surface area contributed by atoms with E-state index in [1.807, 2.05) is 6.92 Å². The SMILES string of the molecule is CCC(CCN)C(=N)C(=O)OC(C)(C)C. The minimum absolute atomic E-state index is 0.0397. The van der Waals surface area contributed by atoms with E-state index in [1.165, 1.54) is 0 Å². The Morgan fingerprint density at radius 2 is 2.00 bits per heavy atom. The quantitative estimate of drug-likeness (QED) is 0.540. The highest BCUT2D eigenvalue weighted by molar-refractivity contribution is 6.35. The molecular formula is C11H22N2O2. The molecule has 0 amide bonds. The third kappa shape index (κ3) is 5.52. The second-order valence-corrected chi connectivity index (χ2v) is 4.60. The summed E-state index contributed by atoms with van der Waals surface area (Å²) in [6.07, 6.45) is 1.41. The molecule has 88 valence electrons. The number of hydrogen-bond acceptors (Lipinski definition) is 4. The first kappa shape index (κ1) is 14.1. The molecule has 0 aromatic carbocycles. The fourth-order valence-corrected chi connectivity index (χ4v) is 1.25. The largest absolute Gasteiger partial charge is 0.455 e. The van der Waals surface area contributed by atoms with Crippen molar-refractivity contribution in [3.8, 4) is 0 Å². The van der Waals surface area contributed by atoms with E-state index in [1.54, 1.807) is 20.8 Å². The van der Waals surface area contributed by atoms with Gasteiger partial charge >= 0.3 is 5.97 Å². The summed E-state index contributed by atoms with van der Waals surface area (Å²) in [6.45, 7) is 7.81. The maximum Gasteiger partial charge on any atom is 0.352 e. The van der Waals surface area contributed by atoms with Gasteiger partial charge in [-0.25, -0.2) is 4.79 Å². The molecule has 4 nitrogen and oxygen atoms in total. The second-order valence-electron chi connectivity index (χ2n) is 4.60. The van der Waals surface area contributed by atoms with Gasteiger partial charge in [-0.15, -0.1) is 0 Å². The zero-order valence-electron chi connectivity index (χ0n) is 10.1. The summed E-state index contributed by atoms with van der Waals surface area (Å²) in [5.41, 5.74) is 4.92. The summed E-state index contributed by atoms with van der Waals surface area (Å²) >= 11 is 0. The van der Waals surface area contributed by atoms with E-state index in [9.17, 15) is 4.79 Å². The summed E-state index contributed by atoms with van der Waals surface area (Å²) < 4.78 is 5.12.